The normalized spacial score (nSPS) is 22.7. The molecule has 5 heteroatoms. The monoisotopic (exact) mass is 287 g/mol. The molecule has 21 heavy (non-hydrogen) atoms. The summed E-state index contributed by atoms with van der Waals surface area (Å²) in [7, 11) is 0. The minimum atomic E-state index is -0.986. The number of rotatable bonds is 2. The van der Waals surface area contributed by atoms with Crippen molar-refractivity contribution in [2.75, 3.05) is 18.0 Å². The molecule has 1 aliphatic heterocycles. The second-order valence-electron chi connectivity index (χ2n) is 6.39. The maximum atomic E-state index is 11.1. The lowest BCUT2D eigenvalue weighted by Crippen LogP contribution is -2.38. The molecular formula is C16H21N3O2. The molecule has 2 aromatic heterocycles. The van der Waals surface area contributed by atoms with Gasteiger partial charge >= 0.3 is 5.97 Å². The summed E-state index contributed by atoms with van der Waals surface area (Å²) in [5, 5.41) is 9.08. The predicted molar refractivity (Wildman–Crippen MR) is 82.0 cm³/mol. The van der Waals surface area contributed by atoms with Crippen molar-refractivity contribution in [1.29, 1.82) is 0 Å². The van der Waals surface area contributed by atoms with Crippen LogP contribution in [-0.4, -0.2) is 33.6 Å². The number of aryl methyl sites for hydroxylation is 1. The highest BCUT2D eigenvalue weighted by atomic mass is 16.4. The van der Waals surface area contributed by atoms with Gasteiger partial charge in [-0.05, 0) is 36.8 Å². The zero-order valence-corrected chi connectivity index (χ0v) is 12.7. The molecule has 0 aromatic carbocycles. The first kappa shape index (κ1) is 13.9. The Morgan fingerprint density at radius 3 is 2.57 bits per heavy atom. The Morgan fingerprint density at radius 1 is 1.29 bits per heavy atom. The molecule has 3 heterocycles. The molecule has 2 aromatic rings. The van der Waals surface area contributed by atoms with Crippen molar-refractivity contribution in [3.8, 4) is 0 Å². The smallest absolute Gasteiger partial charge is 0.356 e. The summed E-state index contributed by atoms with van der Waals surface area (Å²) < 4.78 is 1.83. The number of aromatic nitrogens is 2. The topological polar surface area (TPSA) is 57.8 Å². The summed E-state index contributed by atoms with van der Waals surface area (Å²) in [6.07, 6.45) is 4.85. The minimum Gasteiger partial charge on any atom is -0.476 e. The first-order valence-corrected chi connectivity index (χ1v) is 7.41. The summed E-state index contributed by atoms with van der Waals surface area (Å²) in [5.74, 6) is 0.379. The van der Waals surface area contributed by atoms with Gasteiger partial charge in [0.25, 0.3) is 0 Å². The number of fused-ring (bicyclic) bond motifs is 1. The van der Waals surface area contributed by atoms with E-state index < -0.39 is 5.97 Å². The first-order chi connectivity index (χ1) is 9.94. The Balaban J connectivity index is 2.01. The van der Waals surface area contributed by atoms with Crippen molar-refractivity contribution in [3.05, 3.63) is 29.7 Å². The van der Waals surface area contributed by atoms with Crippen LogP contribution in [-0.2, 0) is 0 Å². The van der Waals surface area contributed by atoms with Crippen LogP contribution in [0.5, 0.6) is 0 Å². The van der Waals surface area contributed by atoms with Crippen LogP contribution in [0, 0.1) is 18.8 Å². The van der Waals surface area contributed by atoms with Gasteiger partial charge in [0.05, 0.1) is 5.69 Å². The molecular weight excluding hydrogens is 266 g/mol. The van der Waals surface area contributed by atoms with Gasteiger partial charge in [-0.25, -0.2) is 9.78 Å². The van der Waals surface area contributed by atoms with Crippen LogP contribution >= 0.6 is 0 Å². The van der Waals surface area contributed by atoms with Gasteiger partial charge in [0.2, 0.25) is 0 Å². The number of pyridine rings is 1. The maximum Gasteiger partial charge on any atom is 0.356 e. The summed E-state index contributed by atoms with van der Waals surface area (Å²) in [6.45, 7) is 8.65. The Bertz CT molecular complexity index is 682. The third kappa shape index (κ3) is 2.60. The fourth-order valence-corrected chi connectivity index (χ4v) is 3.40. The lowest BCUT2D eigenvalue weighted by atomic mass is 9.91. The molecule has 1 fully saturated rings. The number of anilines is 1. The molecule has 1 aliphatic rings. The van der Waals surface area contributed by atoms with E-state index in [1.807, 2.05) is 17.5 Å². The molecule has 0 bridgehead atoms. The highest BCUT2D eigenvalue weighted by molar-refractivity contribution is 5.86. The summed E-state index contributed by atoms with van der Waals surface area (Å²) in [6, 6.07) is 2.11. The van der Waals surface area contributed by atoms with Crippen molar-refractivity contribution in [2.45, 2.75) is 27.2 Å². The van der Waals surface area contributed by atoms with Gasteiger partial charge < -0.3 is 14.4 Å². The molecule has 2 atom stereocenters. The third-order valence-corrected chi connectivity index (χ3v) is 4.17. The van der Waals surface area contributed by atoms with Gasteiger partial charge in [-0.1, -0.05) is 13.8 Å². The number of hydrogen-bond donors (Lipinski definition) is 1. The van der Waals surface area contributed by atoms with Gasteiger partial charge in [0.1, 0.15) is 5.65 Å². The molecule has 3 rings (SSSR count). The molecule has 1 saturated heterocycles. The van der Waals surface area contributed by atoms with Gasteiger partial charge in [-0.2, -0.15) is 0 Å². The van der Waals surface area contributed by atoms with Crippen molar-refractivity contribution in [1.82, 2.24) is 9.38 Å². The molecule has 0 amide bonds. The van der Waals surface area contributed by atoms with E-state index in [-0.39, 0.29) is 5.69 Å². The van der Waals surface area contributed by atoms with Crippen LogP contribution in [0.1, 0.15) is 36.3 Å². The first-order valence-electron chi connectivity index (χ1n) is 7.41. The van der Waals surface area contributed by atoms with Crippen LogP contribution in [0.25, 0.3) is 5.65 Å². The Labute approximate surface area is 124 Å². The number of imidazole rings is 1. The molecule has 0 saturated carbocycles. The largest absolute Gasteiger partial charge is 0.476 e. The van der Waals surface area contributed by atoms with Gasteiger partial charge in [-0.3, -0.25) is 0 Å². The summed E-state index contributed by atoms with van der Waals surface area (Å²) in [4.78, 5) is 17.6. The Kier molecular flexibility index (Phi) is 3.35. The Morgan fingerprint density at radius 2 is 1.95 bits per heavy atom. The zero-order chi connectivity index (χ0) is 15.1. The lowest BCUT2D eigenvalue weighted by Gasteiger charge is -2.36. The summed E-state index contributed by atoms with van der Waals surface area (Å²) in [5.41, 5.74) is 2.96. The number of aromatic carboxylic acids is 1. The van der Waals surface area contributed by atoms with Gasteiger partial charge in [-0.15, -0.1) is 0 Å². The predicted octanol–water partition coefficient (Wildman–Crippen LogP) is 2.82. The number of hydrogen-bond acceptors (Lipinski definition) is 3. The number of carboxylic acid groups (broad SMARTS) is 1. The fraction of sp³-hybridized carbons (Fsp3) is 0.500. The van der Waals surface area contributed by atoms with Crippen molar-refractivity contribution < 1.29 is 9.90 Å². The van der Waals surface area contributed by atoms with Crippen molar-refractivity contribution in [3.63, 3.8) is 0 Å². The minimum absolute atomic E-state index is 0.0932. The van der Waals surface area contributed by atoms with Gasteiger partial charge in [0, 0.05) is 25.5 Å². The van der Waals surface area contributed by atoms with Crippen LogP contribution in [0.3, 0.4) is 0 Å². The number of carbonyl (C=O) groups is 1. The van der Waals surface area contributed by atoms with E-state index in [0.717, 1.165) is 24.3 Å². The quantitative estimate of drug-likeness (QED) is 0.922. The average molecular weight is 287 g/mol. The fourth-order valence-electron chi connectivity index (χ4n) is 3.40. The van der Waals surface area contributed by atoms with Crippen LogP contribution in [0.15, 0.2) is 18.5 Å². The van der Waals surface area contributed by atoms with E-state index in [4.69, 9.17) is 5.11 Å². The third-order valence-electron chi connectivity index (χ3n) is 4.17. The molecule has 2 unspecified atom stereocenters. The number of carboxylic acids is 1. The van der Waals surface area contributed by atoms with E-state index in [9.17, 15) is 4.79 Å². The van der Waals surface area contributed by atoms with Gasteiger partial charge in [0.15, 0.2) is 5.69 Å². The van der Waals surface area contributed by atoms with Crippen LogP contribution in [0.2, 0.25) is 0 Å². The zero-order valence-electron chi connectivity index (χ0n) is 12.7. The molecule has 0 radical (unpaired) electrons. The molecule has 1 N–H and O–H groups in total. The summed E-state index contributed by atoms with van der Waals surface area (Å²) >= 11 is 0. The SMILES string of the molecule is Cc1cc(N2CC(C)CC(C)C2)cn2cc(C(=O)O)nc12. The maximum absolute atomic E-state index is 11.1. The molecule has 112 valence electrons. The molecule has 0 spiro atoms. The van der Waals surface area contributed by atoms with E-state index in [0.29, 0.717) is 17.5 Å². The lowest BCUT2D eigenvalue weighted by molar-refractivity contribution is 0.0691. The second-order valence-corrected chi connectivity index (χ2v) is 6.39. The number of piperidine rings is 1. The van der Waals surface area contributed by atoms with E-state index in [1.54, 1.807) is 6.20 Å². The highest BCUT2D eigenvalue weighted by Crippen LogP contribution is 2.27. The van der Waals surface area contributed by atoms with Crippen LogP contribution < -0.4 is 4.90 Å². The molecule has 0 aliphatic carbocycles. The van der Waals surface area contributed by atoms with E-state index in [1.165, 1.54) is 6.42 Å². The van der Waals surface area contributed by atoms with E-state index in [2.05, 4.69) is 29.8 Å². The number of nitrogens with zero attached hydrogens (tertiary/aromatic N) is 3. The Hall–Kier alpha value is -2.04. The highest BCUT2D eigenvalue weighted by Gasteiger charge is 2.23. The van der Waals surface area contributed by atoms with E-state index >= 15 is 0 Å². The second kappa shape index (κ2) is 5.06. The van der Waals surface area contributed by atoms with Crippen LogP contribution in [0.4, 0.5) is 5.69 Å². The van der Waals surface area contributed by atoms with Crippen molar-refractivity contribution in [2.24, 2.45) is 11.8 Å². The van der Waals surface area contributed by atoms with Crippen molar-refractivity contribution >= 4 is 17.3 Å². The molecule has 5 nitrogen and oxygen atoms in total. The average Bonchev–Trinajstić information content (AvgIpc) is 2.82. The standard InChI is InChI=1S/C16H21N3O2/c1-10-4-11(2)7-18(6-10)13-5-12(3)15-17-14(16(20)21)9-19(15)8-13/h5,8-11H,4,6-7H2,1-3H3,(H,20,21).